The van der Waals surface area contributed by atoms with Crippen molar-refractivity contribution in [3.8, 4) is 5.75 Å². The van der Waals surface area contributed by atoms with E-state index in [-0.39, 0.29) is 5.54 Å². The molecule has 0 unspecified atom stereocenters. The molecule has 1 saturated carbocycles. The van der Waals surface area contributed by atoms with Crippen molar-refractivity contribution in [2.75, 3.05) is 7.11 Å². The number of hydrogen-bond donors (Lipinski definition) is 1. The first-order valence-corrected chi connectivity index (χ1v) is 6.04. The van der Waals surface area contributed by atoms with Crippen LogP contribution in [0.15, 0.2) is 22.7 Å². The van der Waals surface area contributed by atoms with E-state index in [9.17, 15) is 0 Å². The third kappa shape index (κ3) is 2.52. The van der Waals surface area contributed by atoms with E-state index >= 15 is 0 Å². The van der Waals surface area contributed by atoms with E-state index in [2.05, 4.69) is 22.0 Å². The van der Waals surface area contributed by atoms with Crippen LogP contribution < -0.4 is 10.5 Å². The van der Waals surface area contributed by atoms with Crippen molar-refractivity contribution in [3.05, 3.63) is 28.2 Å². The van der Waals surface area contributed by atoms with Crippen molar-refractivity contribution >= 4 is 15.9 Å². The van der Waals surface area contributed by atoms with Crippen molar-refractivity contribution in [2.24, 2.45) is 5.73 Å². The van der Waals surface area contributed by atoms with Gasteiger partial charge in [0, 0.05) is 5.54 Å². The molecule has 0 aliphatic heterocycles. The number of nitrogens with two attached hydrogens (primary N) is 1. The molecule has 0 bridgehead atoms. The summed E-state index contributed by atoms with van der Waals surface area (Å²) in [6.07, 6.45) is 4.39. The number of aryl methyl sites for hydroxylation is 1. The molecule has 1 fully saturated rings. The van der Waals surface area contributed by atoms with Crippen LogP contribution in [0, 0.1) is 0 Å². The van der Waals surface area contributed by atoms with Crippen molar-refractivity contribution in [1.29, 1.82) is 0 Å². The fourth-order valence-corrected chi connectivity index (χ4v) is 2.34. The van der Waals surface area contributed by atoms with Gasteiger partial charge < -0.3 is 10.5 Å². The smallest absolute Gasteiger partial charge is 0.136 e. The van der Waals surface area contributed by atoms with Crippen LogP contribution in [0.25, 0.3) is 0 Å². The highest BCUT2D eigenvalue weighted by molar-refractivity contribution is 9.10. The minimum Gasteiger partial charge on any atom is -0.495 e. The molecule has 3 heteroatoms. The topological polar surface area (TPSA) is 35.2 Å². The highest BCUT2D eigenvalue weighted by Crippen LogP contribution is 2.38. The average Bonchev–Trinajstić information content (AvgIpc) is 2.94. The minimum atomic E-state index is 0.118. The molecule has 0 saturated heterocycles. The molecule has 2 nitrogen and oxygen atoms in total. The van der Waals surface area contributed by atoms with Crippen LogP contribution in [-0.2, 0) is 6.42 Å². The Morgan fingerprint density at radius 2 is 2.20 bits per heavy atom. The second kappa shape index (κ2) is 4.14. The molecule has 0 heterocycles. The second-order valence-electron chi connectivity index (χ2n) is 4.29. The van der Waals surface area contributed by atoms with Gasteiger partial charge in [-0.15, -0.1) is 0 Å². The number of benzene rings is 1. The molecule has 0 aromatic heterocycles. The van der Waals surface area contributed by atoms with Gasteiger partial charge in [0.25, 0.3) is 0 Å². The summed E-state index contributed by atoms with van der Waals surface area (Å²) in [4.78, 5) is 0. The molecule has 15 heavy (non-hydrogen) atoms. The lowest BCUT2D eigenvalue weighted by molar-refractivity contribution is 0.405. The zero-order valence-corrected chi connectivity index (χ0v) is 10.5. The Labute approximate surface area is 98.9 Å². The van der Waals surface area contributed by atoms with Gasteiger partial charge in [0.2, 0.25) is 0 Å². The maximum atomic E-state index is 6.07. The van der Waals surface area contributed by atoms with Crippen molar-refractivity contribution < 1.29 is 4.74 Å². The van der Waals surface area contributed by atoms with Crippen molar-refractivity contribution in [3.63, 3.8) is 0 Å². The molecule has 0 radical (unpaired) electrons. The van der Waals surface area contributed by atoms with Crippen LogP contribution in [-0.4, -0.2) is 12.6 Å². The number of rotatable bonds is 4. The van der Waals surface area contributed by atoms with Gasteiger partial charge in [-0.1, -0.05) is 12.1 Å². The molecule has 82 valence electrons. The minimum absolute atomic E-state index is 0.118. The highest BCUT2D eigenvalue weighted by Gasteiger charge is 2.37. The van der Waals surface area contributed by atoms with Crippen molar-refractivity contribution in [2.45, 2.75) is 31.2 Å². The van der Waals surface area contributed by atoms with E-state index in [0.29, 0.717) is 0 Å². The standard InChI is InChI=1S/C12H16BrNO/c1-15-11-9(3-2-4-10(11)13)5-6-12(14)7-8-12/h2-4H,5-8,14H2,1H3. The van der Waals surface area contributed by atoms with Gasteiger partial charge in [0.1, 0.15) is 5.75 Å². The lowest BCUT2D eigenvalue weighted by atomic mass is 10.0. The molecule has 1 aromatic rings. The normalized spacial score (nSPS) is 17.5. The summed E-state index contributed by atoms with van der Waals surface area (Å²) in [6, 6.07) is 6.14. The van der Waals surface area contributed by atoms with Gasteiger partial charge in [0.15, 0.2) is 0 Å². The quantitative estimate of drug-likeness (QED) is 0.913. The second-order valence-corrected chi connectivity index (χ2v) is 5.15. The van der Waals surface area contributed by atoms with Gasteiger partial charge in [0.05, 0.1) is 11.6 Å². The molecule has 0 amide bonds. The summed E-state index contributed by atoms with van der Waals surface area (Å²) in [6.45, 7) is 0. The molecular weight excluding hydrogens is 254 g/mol. The third-order valence-corrected chi connectivity index (χ3v) is 3.66. The zero-order valence-electron chi connectivity index (χ0n) is 8.92. The Hall–Kier alpha value is -0.540. The summed E-state index contributed by atoms with van der Waals surface area (Å²) in [5.41, 5.74) is 7.43. The number of para-hydroxylation sites is 1. The maximum Gasteiger partial charge on any atom is 0.136 e. The Kier molecular flexibility index (Phi) is 3.03. The van der Waals surface area contributed by atoms with Gasteiger partial charge in [-0.3, -0.25) is 0 Å². The monoisotopic (exact) mass is 269 g/mol. The van der Waals surface area contributed by atoms with Gasteiger partial charge in [-0.2, -0.15) is 0 Å². The van der Waals surface area contributed by atoms with Crippen LogP contribution in [0.3, 0.4) is 0 Å². The molecular formula is C12H16BrNO. The largest absolute Gasteiger partial charge is 0.495 e. The van der Waals surface area contributed by atoms with Gasteiger partial charge >= 0.3 is 0 Å². The van der Waals surface area contributed by atoms with Gasteiger partial charge in [-0.05, 0) is 53.2 Å². The first-order chi connectivity index (χ1) is 7.14. The molecule has 1 aliphatic carbocycles. The maximum absolute atomic E-state index is 6.07. The van der Waals surface area contributed by atoms with E-state index in [1.54, 1.807) is 7.11 Å². The summed E-state index contributed by atoms with van der Waals surface area (Å²) in [7, 11) is 1.71. The number of halogens is 1. The summed E-state index contributed by atoms with van der Waals surface area (Å²) >= 11 is 3.49. The van der Waals surface area contributed by atoms with Crippen molar-refractivity contribution in [1.82, 2.24) is 0 Å². The number of hydrogen-bond acceptors (Lipinski definition) is 2. The van der Waals surface area contributed by atoms with Gasteiger partial charge in [-0.25, -0.2) is 0 Å². The lowest BCUT2D eigenvalue weighted by Crippen LogP contribution is -2.22. The Morgan fingerprint density at radius 1 is 1.47 bits per heavy atom. The van der Waals surface area contributed by atoms with E-state index in [0.717, 1.165) is 23.1 Å². The number of methoxy groups -OCH3 is 1. The first kappa shape index (κ1) is 11.0. The fourth-order valence-electron chi connectivity index (χ4n) is 1.77. The van der Waals surface area contributed by atoms with E-state index in [1.807, 2.05) is 12.1 Å². The van der Waals surface area contributed by atoms with Crippen LogP contribution in [0.5, 0.6) is 5.75 Å². The third-order valence-electron chi connectivity index (χ3n) is 3.04. The summed E-state index contributed by atoms with van der Waals surface area (Å²) < 4.78 is 6.39. The molecule has 0 spiro atoms. The van der Waals surface area contributed by atoms with Crippen LogP contribution in [0.4, 0.5) is 0 Å². The van der Waals surface area contributed by atoms with E-state index in [4.69, 9.17) is 10.5 Å². The van der Waals surface area contributed by atoms with Crippen LogP contribution in [0.1, 0.15) is 24.8 Å². The zero-order chi connectivity index (χ0) is 10.9. The van der Waals surface area contributed by atoms with Crippen LogP contribution >= 0.6 is 15.9 Å². The molecule has 0 atom stereocenters. The van der Waals surface area contributed by atoms with E-state index < -0.39 is 0 Å². The highest BCUT2D eigenvalue weighted by atomic mass is 79.9. The molecule has 2 N–H and O–H groups in total. The fraction of sp³-hybridized carbons (Fsp3) is 0.500. The predicted molar refractivity (Wildman–Crippen MR) is 65.2 cm³/mol. The average molecular weight is 270 g/mol. The first-order valence-electron chi connectivity index (χ1n) is 5.25. The molecule has 2 rings (SSSR count). The Balaban J connectivity index is 2.09. The van der Waals surface area contributed by atoms with Crippen LogP contribution in [0.2, 0.25) is 0 Å². The predicted octanol–water partition coefficient (Wildman–Crippen LogP) is 2.88. The SMILES string of the molecule is COc1c(Br)cccc1CCC1(N)CC1. The Morgan fingerprint density at radius 3 is 2.80 bits per heavy atom. The number of ether oxygens (including phenoxy) is 1. The van der Waals surface area contributed by atoms with E-state index in [1.165, 1.54) is 18.4 Å². The lowest BCUT2D eigenvalue weighted by Gasteiger charge is -2.12. The summed E-state index contributed by atoms with van der Waals surface area (Å²) in [5, 5.41) is 0. The molecule has 1 aliphatic rings. The Bertz CT molecular complexity index is 361. The summed E-state index contributed by atoms with van der Waals surface area (Å²) in [5.74, 6) is 0.946. The molecule has 1 aromatic carbocycles.